The first-order chi connectivity index (χ1) is 17.4. The number of aromatic nitrogens is 1. The van der Waals surface area contributed by atoms with Crippen LogP contribution in [0.15, 0.2) is 83.3 Å². The number of rotatable bonds is 5. The number of thiazole rings is 1. The van der Waals surface area contributed by atoms with Crippen molar-refractivity contribution in [3.63, 3.8) is 0 Å². The lowest BCUT2D eigenvalue weighted by atomic mass is 10.1. The van der Waals surface area contributed by atoms with Gasteiger partial charge in [-0.05, 0) is 55.0 Å². The minimum atomic E-state index is -0.538. The number of hydrogen-bond donors (Lipinski definition) is 2. The van der Waals surface area contributed by atoms with Crippen molar-refractivity contribution in [1.82, 2.24) is 10.3 Å². The highest BCUT2D eigenvalue weighted by Gasteiger charge is 2.17. The van der Waals surface area contributed by atoms with Gasteiger partial charge in [0.15, 0.2) is 10.9 Å². The number of nitrogens with zero attached hydrogens (tertiary/aromatic N) is 2. The molecule has 0 fully saturated rings. The van der Waals surface area contributed by atoms with Crippen LogP contribution >= 0.6 is 23.6 Å². The van der Waals surface area contributed by atoms with Crippen molar-refractivity contribution in [3.05, 3.63) is 100 Å². The van der Waals surface area contributed by atoms with Gasteiger partial charge in [0.05, 0.1) is 15.1 Å². The number of benzene rings is 3. The molecule has 2 aromatic heterocycles. The number of thiocarbonyl (C=S) groups is 1. The van der Waals surface area contributed by atoms with Gasteiger partial charge in [0.25, 0.3) is 11.6 Å². The highest BCUT2D eigenvalue weighted by molar-refractivity contribution is 7.80. The Kier molecular flexibility index (Phi) is 6.28. The van der Waals surface area contributed by atoms with Crippen LogP contribution in [0.1, 0.15) is 16.1 Å². The zero-order chi connectivity index (χ0) is 25.2. The molecular formula is C26H18N4O4S2. The molecule has 2 N–H and O–H groups in total. The Morgan fingerprint density at radius 3 is 2.67 bits per heavy atom. The Morgan fingerprint density at radius 2 is 1.86 bits per heavy atom. The van der Waals surface area contributed by atoms with Crippen LogP contribution in [-0.2, 0) is 0 Å². The van der Waals surface area contributed by atoms with E-state index in [1.807, 2.05) is 49.4 Å². The molecule has 5 rings (SSSR count). The van der Waals surface area contributed by atoms with Gasteiger partial charge in [-0.25, -0.2) is 4.98 Å². The molecule has 0 atom stereocenters. The maximum atomic E-state index is 12.7. The summed E-state index contributed by atoms with van der Waals surface area (Å²) in [4.78, 5) is 28.0. The lowest BCUT2D eigenvalue weighted by molar-refractivity contribution is -0.384. The summed E-state index contributed by atoms with van der Waals surface area (Å²) in [6.45, 7) is 1.96. The van der Waals surface area contributed by atoms with E-state index in [1.54, 1.807) is 29.5 Å². The van der Waals surface area contributed by atoms with Crippen molar-refractivity contribution in [1.29, 1.82) is 0 Å². The van der Waals surface area contributed by atoms with Gasteiger partial charge in [-0.3, -0.25) is 20.2 Å². The normalized spacial score (nSPS) is 10.8. The van der Waals surface area contributed by atoms with Gasteiger partial charge in [0.1, 0.15) is 10.8 Å². The van der Waals surface area contributed by atoms with Crippen molar-refractivity contribution in [2.24, 2.45) is 0 Å². The first-order valence-electron chi connectivity index (χ1n) is 10.8. The van der Waals surface area contributed by atoms with Crippen LogP contribution in [0.5, 0.6) is 0 Å². The Bertz CT molecular complexity index is 1610. The van der Waals surface area contributed by atoms with E-state index in [1.165, 1.54) is 18.2 Å². The summed E-state index contributed by atoms with van der Waals surface area (Å²) in [6.07, 6.45) is 0. The SMILES string of the molecule is Cc1c(NC(=S)NC(=O)c2ccc(-c3cccc([N+](=O)[O-])c3)o2)cccc1-c1nc2ccccc2s1. The summed E-state index contributed by atoms with van der Waals surface area (Å²) in [6, 6.07) is 22.8. The zero-order valence-electron chi connectivity index (χ0n) is 18.8. The molecule has 178 valence electrons. The number of anilines is 1. The van der Waals surface area contributed by atoms with E-state index in [-0.39, 0.29) is 16.6 Å². The number of non-ortho nitro benzene ring substituents is 1. The molecule has 0 aliphatic heterocycles. The van der Waals surface area contributed by atoms with E-state index in [9.17, 15) is 14.9 Å². The molecule has 10 heteroatoms. The zero-order valence-corrected chi connectivity index (χ0v) is 20.5. The quantitative estimate of drug-likeness (QED) is 0.155. The standard InChI is InChI=1S/C26H18N4O4S2/c1-15-18(25-27-20-9-2-3-11-23(20)36-25)8-5-10-19(15)28-26(35)29-24(31)22-13-12-21(34-22)16-6-4-7-17(14-16)30(32)33/h2-14H,1H3,(H2,28,29,31,35). The number of carbonyl (C=O) groups excluding carboxylic acids is 1. The Balaban J connectivity index is 1.29. The summed E-state index contributed by atoms with van der Waals surface area (Å²) < 4.78 is 6.73. The molecule has 36 heavy (non-hydrogen) atoms. The average molecular weight is 515 g/mol. The number of amides is 1. The topological polar surface area (TPSA) is 110 Å². The molecule has 0 saturated heterocycles. The fraction of sp³-hybridized carbons (Fsp3) is 0.0385. The van der Waals surface area contributed by atoms with Crippen LogP contribution in [0.2, 0.25) is 0 Å². The number of hydrogen-bond acceptors (Lipinski definition) is 7. The number of furan rings is 1. The van der Waals surface area contributed by atoms with Gasteiger partial charge in [-0.1, -0.05) is 36.4 Å². The van der Waals surface area contributed by atoms with Crippen molar-refractivity contribution in [2.45, 2.75) is 6.92 Å². The van der Waals surface area contributed by atoms with Crippen LogP contribution in [-0.4, -0.2) is 20.9 Å². The maximum absolute atomic E-state index is 12.7. The fourth-order valence-corrected chi connectivity index (χ4v) is 4.95. The van der Waals surface area contributed by atoms with Crippen molar-refractivity contribution >= 4 is 56.2 Å². The summed E-state index contributed by atoms with van der Waals surface area (Å²) in [5.41, 5.74) is 4.03. The second-order valence-electron chi connectivity index (χ2n) is 7.84. The molecule has 0 bridgehead atoms. The molecule has 0 aliphatic carbocycles. The summed E-state index contributed by atoms with van der Waals surface area (Å²) in [5, 5.41) is 17.7. The fourth-order valence-electron chi connectivity index (χ4n) is 3.70. The van der Waals surface area contributed by atoms with Crippen LogP contribution in [0.4, 0.5) is 11.4 Å². The molecule has 0 spiro atoms. The second-order valence-corrected chi connectivity index (χ2v) is 9.28. The van der Waals surface area contributed by atoms with E-state index in [2.05, 4.69) is 10.6 Å². The minimum Gasteiger partial charge on any atom is -0.451 e. The summed E-state index contributed by atoms with van der Waals surface area (Å²) >= 11 is 6.97. The smallest absolute Gasteiger partial charge is 0.293 e. The van der Waals surface area contributed by atoms with Crippen LogP contribution in [0, 0.1) is 17.0 Å². The highest BCUT2D eigenvalue weighted by Crippen LogP contribution is 2.34. The molecule has 0 saturated carbocycles. The Morgan fingerprint density at radius 1 is 1.06 bits per heavy atom. The van der Waals surface area contributed by atoms with Gasteiger partial charge in [0, 0.05) is 28.9 Å². The minimum absolute atomic E-state index is 0.0283. The molecule has 1 amide bonds. The molecule has 0 radical (unpaired) electrons. The monoisotopic (exact) mass is 514 g/mol. The number of para-hydroxylation sites is 1. The van der Waals surface area contributed by atoms with Gasteiger partial charge in [-0.2, -0.15) is 0 Å². The first kappa shape index (κ1) is 23.3. The lowest BCUT2D eigenvalue weighted by Crippen LogP contribution is -2.34. The van der Waals surface area contributed by atoms with Crippen LogP contribution < -0.4 is 10.6 Å². The number of nitrogens with one attached hydrogen (secondary N) is 2. The van der Waals surface area contributed by atoms with Gasteiger partial charge in [0.2, 0.25) is 0 Å². The van der Waals surface area contributed by atoms with Crippen LogP contribution in [0.3, 0.4) is 0 Å². The van der Waals surface area contributed by atoms with Gasteiger partial charge in [-0.15, -0.1) is 11.3 Å². The molecule has 3 aromatic carbocycles. The largest absolute Gasteiger partial charge is 0.451 e. The van der Waals surface area contributed by atoms with E-state index >= 15 is 0 Å². The van der Waals surface area contributed by atoms with Crippen molar-refractivity contribution in [2.75, 3.05) is 5.32 Å². The first-order valence-corrected chi connectivity index (χ1v) is 12.0. The molecule has 0 aliphatic rings. The van der Waals surface area contributed by atoms with E-state index < -0.39 is 10.8 Å². The van der Waals surface area contributed by atoms with Crippen molar-refractivity contribution < 1.29 is 14.1 Å². The summed E-state index contributed by atoms with van der Waals surface area (Å²) in [5.74, 6) is -0.174. The number of carbonyl (C=O) groups is 1. The number of fused-ring (bicyclic) bond motifs is 1. The Hall–Kier alpha value is -4.41. The molecule has 2 heterocycles. The molecule has 5 aromatic rings. The molecule has 8 nitrogen and oxygen atoms in total. The third-order valence-electron chi connectivity index (χ3n) is 5.50. The predicted octanol–water partition coefficient (Wildman–Crippen LogP) is 6.57. The average Bonchev–Trinajstić information content (AvgIpc) is 3.53. The third kappa shape index (κ3) is 4.72. The van der Waals surface area contributed by atoms with Crippen molar-refractivity contribution in [3.8, 4) is 21.9 Å². The van der Waals surface area contributed by atoms with E-state index in [0.717, 1.165) is 32.0 Å². The number of nitro benzene ring substituents is 1. The number of nitro groups is 1. The van der Waals surface area contributed by atoms with Gasteiger partial charge < -0.3 is 9.73 Å². The van der Waals surface area contributed by atoms with Gasteiger partial charge >= 0.3 is 0 Å². The third-order valence-corrected chi connectivity index (χ3v) is 6.78. The van der Waals surface area contributed by atoms with Crippen LogP contribution in [0.25, 0.3) is 32.1 Å². The highest BCUT2D eigenvalue weighted by atomic mass is 32.1. The predicted molar refractivity (Wildman–Crippen MR) is 144 cm³/mol. The maximum Gasteiger partial charge on any atom is 0.293 e. The molecule has 0 unspecified atom stereocenters. The molecular weight excluding hydrogens is 496 g/mol. The second kappa shape index (κ2) is 9.68. The lowest BCUT2D eigenvalue weighted by Gasteiger charge is -2.13. The Labute approximate surface area is 214 Å². The van der Waals surface area contributed by atoms with E-state index in [4.69, 9.17) is 21.6 Å². The van der Waals surface area contributed by atoms with E-state index in [0.29, 0.717) is 11.3 Å². The summed E-state index contributed by atoms with van der Waals surface area (Å²) in [7, 11) is 0.